The lowest BCUT2D eigenvalue weighted by atomic mass is 9.79. The summed E-state index contributed by atoms with van der Waals surface area (Å²) in [6.45, 7) is 4.22. The van der Waals surface area contributed by atoms with Gasteiger partial charge in [0.15, 0.2) is 0 Å². The lowest BCUT2D eigenvalue weighted by molar-refractivity contribution is -0.141. The van der Waals surface area contributed by atoms with Gasteiger partial charge in [-0.3, -0.25) is 14.5 Å². The van der Waals surface area contributed by atoms with Gasteiger partial charge in [0, 0.05) is 19.5 Å². The molecule has 0 radical (unpaired) electrons. The first-order chi connectivity index (χ1) is 7.19. The van der Waals surface area contributed by atoms with E-state index >= 15 is 0 Å². The molecule has 0 aromatic heterocycles. The minimum atomic E-state index is -0.398. The van der Waals surface area contributed by atoms with Crippen LogP contribution in [0.1, 0.15) is 32.6 Å². The Labute approximate surface area is 102 Å². The fourth-order valence-electron chi connectivity index (χ4n) is 2.61. The van der Waals surface area contributed by atoms with Crippen molar-refractivity contribution in [2.75, 3.05) is 19.6 Å². The van der Waals surface area contributed by atoms with E-state index in [4.69, 9.17) is 0 Å². The van der Waals surface area contributed by atoms with Crippen molar-refractivity contribution < 1.29 is 9.59 Å². The third-order valence-corrected chi connectivity index (χ3v) is 3.41. The first kappa shape index (κ1) is 13.5. The molecule has 5 heteroatoms. The van der Waals surface area contributed by atoms with Crippen molar-refractivity contribution in [3.8, 4) is 0 Å². The van der Waals surface area contributed by atoms with Crippen LogP contribution in [0.4, 0.5) is 0 Å². The Morgan fingerprint density at radius 3 is 2.75 bits per heavy atom. The summed E-state index contributed by atoms with van der Waals surface area (Å²) in [6.07, 6.45) is 3.13. The molecule has 0 aliphatic carbocycles. The molecule has 2 rings (SSSR count). The Morgan fingerprint density at radius 1 is 1.44 bits per heavy atom. The molecule has 1 unspecified atom stereocenters. The van der Waals surface area contributed by atoms with Gasteiger partial charge in [-0.2, -0.15) is 0 Å². The highest BCUT2D eigenvalue weighted by atomic mass is 35.5. The maximum atomic E-state index is 12.1. The Hall–Kier alpha value is -0.610. The predicted octanol–water partition coefficient (Wildman–Crippen LogP) is 0.947. The van der Waals surface area contributed by atoms with E-state index in [1.54, 1.807) is 0 Å². The van der Waals surface area contributed by atoms with Gasteiger partial charge >= 0.3 is 0 Å². The molecule has 0 saturated carbocycles. The Kier molecular flexibility index (Phi) is 4.33. The molecule has 0 aromatic rings. The smallest absolute Gasteiger partial charge is 0.237 e. The molecule has 2 aliphatic rings. The van der Waals surface area contributed by atoms with E-state index in [1.165, 1.54) is 4.90 Å². The van der Waals surface area contributed by atoms with Crippen molar-refractivity contribution in [1.29, 1.82) is 0 Å². The Balaban J connectivity index is 0.00000128. The van der Waals surface area contributed by atoms with Crippen LogP contribution in [0, 0.1) is 5.41 Å². The summed E-state index contributed by atoms with van der Waals surface area (Å²) in [6, 6.07) is 0. The predicted molar refractivity (Wildman–Crippen MR) is 63.4 cm³/mol. The standard InChI is InChI=1S/C11H18N2O2.ClH/c1-2-6-13-9(14)7-11(10(13)15)4-3-5-12-8-11;/h12H,2-8H2,1H3;1H. The highest BCUT2D eigenvalue weighted by Crippen LogP contribution is 2.38. The van der Waals surface area contributed by atoms with E-state index in [0.717, 1.165) is 25.8 Å². The first-order valence-corrected chi connectivity index (χ1v) is 5.75. The van der Waals surface area contributed by atoms with Crippen LogP contribution in [0.15, 0.2) is 0 Å². The fourth-order valence-corrected chi connectivity index (χ4v) is 2.61. The van der Waals surface area contributed by atoms with Crippen molar-refractivity contribution in [2.24, 2.45) is 5.41 Å². The number of carbonyl (C=O) groups excluding carboxylic acids is 2. The summed E-state index contributed by atoms with van der Waals surface area (Å²) < 4.78 is 0. The quantitative estimate of drug-likeness (QED) is 0.738. The molecular formula is C11H19ClN2O2. The summed E-state index contributed by atoms with van der Waals surface area (Å²) in [5.74, 6) is 0.0760. The molecule has 1 atom stereocenters. The molecule has 16 heavy (non-hydrogen) atoms. The van der Waals surface area contributed by atoms with Gasteiger partial charge in [0.05, 0.1) is 5.41 Å². The van der Waals surface area contributed by atoms with Crippen LogP contribution >= 0.6 is 12.4 Å². The Bertz CT molecular complexity index is 288. The van der Waals surface area contributed by atoms with Crippen molar-refractivity contribution in [1.82, 2.24) is 10.2 Å². The summed E-state index contributed by atoms with van der Waals surface area (Å²) in [7, 11) is 0. The summed E-state index contributed by atoms with van der Waals surface area (Å²) in [5, 5.41) is 3.23. The van der Waals surface area contributed by atoms with Gasteiger partial charge < -0.3 is 5.32 Å². The molecule has 92 valence electrons. The van der Waals surface area contributed by atoms with Gasteiger partial charge in [0.25, 0.3) is 0 Å². The number of amides is 2. The molecule has 2 aliphatic heterocycles. The number of carbonyl (C=O) groups is 2. The van der Waals surface area contributed by atoms with Gasteiger partial charge in [-0.1, -0.05) is 6.92 Å². The summed E-state index contributed by atoms with van der Waals surface area (Å²) in [5.41, 5.74) is -0.398. The number of imide groups is 1. The van der Waals surface area contributed by atoms with Gasteiger partial charge in [0.1, 0.15) is 0 Å². The van der Waals surface area contributed by atoms with Gasteiger partial charge in [-0.15, -0.1) is 12.4 Å². The van der Waals surface area contributed by atoms with E-state index in [2.05, 4.69) is 5.32 Å². The second kappa shape index (κ2) is 5.15. The van der Waals surface area contributed by atoms with Crippen LogP contribution in [0.5, 0.6) is 0 Å². The first-order valence-electron chi connectivity index (χ1n) is 5.75. The lowest BCUT2D eigenvalue weighted by Crippen LogP contribution is -2.45. The van der Waals surface area contributed by atoms with Gasteiger partial charge in [-0.05, 0) is 25.8 Å². The molecule has 4 nitrogen and oxygen atoms in total. The third kappa shape index (κ3) is 2.09. The number of nitrogens with one attached hydrogen (secondary N) is 1. The average Bonchev–Trinajstić information content (AvgIpc) is 2.45. The minimum Gasteiger partial charge on any atom is -0.316 e. The minimum absolute atomic E-state index is 0. The van der Waals surface area contributed by atoms with Crippen molar-refractivity contribution in [3.05, 3.63) is 0 Å². The zero-order valence-corrected chi connectivity index (χ0v) is 10.4. The van der Waals surface area contributed by atoms with E-state index in [9.17, 15) is 9.59 Å². The normalized spacial score (nSPS) is 29.7. The number of rotatable bonds is 2. The summed E-state index contributed by atoms with van der Waals surface area (Å²) >= 11 is 0. The fraction of sp³-hybridized carbons (Fsp3) is 0.818. The van der Waals surface area contributed by atoms with Crippen LogP contribution in [-0.4, -0.2) is 36.3 Å². The molecule has 2 saturated heterocycles. The van der Waals surface area contributed by atoms with E-state index in [-0.39, 0.29) is 24.2 Å². The Morgan fingerprint density at radius 2 is 2.19 bits per heavy atom. The van der Waals surface area contributed by atoms with Crippen LogP contribution < -0.4 is 5.32 Å². The van der Waals surface area contributed by atoms with Crippen LogP contribution in [0.25, 0.3) is 0 Å². The molecule has 0 aromatic carbocycles. The van der Waals surface area contributed by atoms with Crippen molar-refractivity contribution in [2.45, 2.75) is 32.6 Å². The zero-order valence-electron chi connectivity index (χ0n) is 9.62. The monoisotopic (exact) mass is 246 g/mol. The van der Waals surface area contributed by atoms with Crippen molar-refractivity contribution in [3.63, 3.8) is 0 Å². The molecule has 1 spiro atoms. The number of likely N-dealkylation sites (tertiary alicyclic amines) is 1. The maximum absolute atomic E-state index is 12.1. The zero-order chi connectivity index (χ0) is 10.9. The number of hydrogen-bond acceptors (Lipinski definition) is 3. The topological polar surface area (TPSA) is 49.4 Å². The SMILES string of the molecule is CCCN1C(=O)CC2(CCCNC2)C1=O.Cl. The van der Waals surface area contributed by atoms with Gasteiger partial charge in [0.2, 0.25) is 11.8 Å². The van der Waals surface area contributed by atoms with E-state index in [1.807, 2.05) is 6.92 Å². The highest BCUT2D eigenvalue weighted by Gasteiger charge is 2.51. The number of piperidine rings is 1. The molecule has 1 N–H and O–H groups in total. The largest absolute Gasteiger partial charge is 0.316 e. The van der Waals surface area contributed by atoms with E-state index in [0.29, 0.717) is 19.5 Å². The third-order valence-electron chi connectivity index (χ3n) is 3.41. The molecule has 2 heterocycles. The second-order valence-electron chi connectivity index (χ2n) is 4.59. The van der Waals surface area contributed by atoms with Gasteiger partial charge in [-0.25, -0.2) is 0 Å². The average molecular weight is 247 g/mol. The molecular weight excluding hydrogens is 228 g/mol. The summed E-state index contributed by atoms with van der Waals surface area (Å²) in [4.78, 5) is 25.3. The van der Waals surface area contributed by atoms with Crippen LogP contribution in [-0.2, 0) is 9.59 Å². The number of nitrogens with zero attached hydrogens (tertiary/aromatic N) is 1. The van der Waals surface area contributed by atoms with Crippen LogP contribution in [0.2, 0.25) is 0 Å². The number of hydrogen-bond donors (Lipinski definition) is 1. The second-order valence-corrected chi connectivity index (χ2v) is 4.59. The molecule has 2 amide bonds. The maximum Gasteiger partial charge on any atom is 0.237 e. The molecule has 0 bridgehead atoms. The van der Waals surface area contributed by atoms with Crippen LogP contribution in [0.3, 0.4) is 0 Å². The lowest BCUT2D eigenvalue weighted by Gasteiger charge is -2.31. The van der Waals surface area contributed by atoms with E-state index < -0.39 is 5.41 Å². The molecule has 2 fully saturated rings. The van der Waals surface area contributed by atoms with Crippen molar-refractivity contribution >= 4 is 24.2 Å². The highest BCUT2D eigenvalue weighted by molar-refractivity contribution is 6.06. The number of halogens is 1.